The maximum absolute atomic E-state index is 8.48. The summed E-state index contributed by atoms with van der Waals surface area (Å²) >= 11 is 14.2. The Labute approximate surface area is 122 Å². The number of nitrogens with zero attached hydrogens (tertiary/aromatic N) is 4. The summed E-state index contributed by atoms with van der Waals surface area (Å²) < 4.78 is 0. The lowest BCUT2D eigenvalue weighted by molar-refractivity contribution is 0.271. The van der Waals surface area contributed by atoms with E-state index in [0.29, 0.717) is 27.3 Å². The van der Waals surface area contributed by atoms with Crippen molar-refractivity contribution in [3.8, 4) is 0 Å². The molecule has 0 aliphatic rings. The molecule has 0 bridgehead atoms. The van der Waals surface area contributed by atoms with E-state index in [1.165, 1.54) is 6.20 Å². The summed E-state index contributed by atoms with van der Waals surface area (Å²) in [4.78, 5) is 15.2. The van der Waals surface area contributed by atoms with Crippen LogP contribution < -0.4 is 0 Å². The van der Waals surface area contributed by atoms with Gasteiger partial charge in [-0.05, 0) is 12.1 Å². The highest BCUT2D eigenvalue weighted by molar-refractivity contribution is 9.08. The third-order valence-electron chi connectivity index (χ3n) is 1.60. The molecule has 0 unspecified atom stereocenters. The second-order valence-electron chi connectivity index (χ2n) is 2.88. The first-order valence-electron chi connectivity index (χ1n) is 4.77. The Bertz CT molecular complexity index is 455. The van der Waals surface area contributed by atoms with Crippen molar-refractivity contribution in [1.29, 1.82) is 0 Å². The van der Waals surface area contributed by atoms with Gasteiger partial charge < -0.3 is 5.11 Å². The number of aromatic nitrogens is 4. The average molecular weight is 352 g/mol. The fourth-order valence-corrected chi connectivity index (χ4v) is 1.47. The van der Waals surface area contributed by atoms with Gasteiger partial charge in [-0.2, -0.15) is 0 Å². The first-order chi connectivity index (χ1) is 8.65. The number of hydrogen-bond acceptors (Lipinski definition) is 5. The smallest absolute Gasteiger partial charge is 0.155 e. The van der Waals surface area contributed by atoms with Crippen LogP contribution in [-0.2, 0) is 11.9 Å². The summed E-state index contributed by atoms with van der Waals surface area (Å²) in [6.45, 7) is -0.166. The molecule has 0 atom stereocenters. The van der Waals surface area contributed by atoms with Crippen LogP contribution in [0.1, 0.15) is 11.6 Å². The molecule has 18 heavy (non-hydrogen) atoms. The lowest BCUT2D eigenvalue weighted by Gasteiger charge is -1.91. The van der Waals surface area contributed by atoms with E-state index < -0.39 is 0 Å². The summed E-state index contributed by atoms with van der Waals surface area (Å²) in [6, 6.07) is 3.20. The third kappa shape index (κ3) is 5.68. The fraction of sp³-hybridized carbons (Fsp3) is 0.200. The van der Waals surface area contributed by atoms with Crippen LogP contribution in [-0.4, -0.2) is 25.0 Å². The van der Waals surface area contributed by atoms with Crippen LogP contribution in [0.2, 0.25) is 10.3 Å². The van der Waals surface area contributed by atoms with E-state index in [-0.39, 0.29) is 6.61 Å². The maximum Gasteiger partial charge on any atom is 0.155 e. The predicted octanol–water partition coefficient (Wildman–Crippen LogP) is 2.65. The van der Waals surface area contributed by atoms with E-state index in [2.05, 4.69) is 35.9 Å². The SMILES string of the molecule is Clc1ccnc(CBr)n1.OCc1nccc(Cl)n1. The minimum Gasteiger partial charge on any atom is -0.388 e. The van der Waals surface area contributed by atoms with Crippen molar-refractivity contribution in [2.75, 3.05) is 0 Å². The molecule has 96 valence electrons. The van der Waals surface area contributed by atoms with Gasteiger partial charge in [0.1, 0.15) is 22.7 Å². The van der Waals surface area contributed by atoms with Crippen LogP contribution >= 0.6 is 39.1 Å². The summed E-state index contributed by atoms with van der Waals surface area (Å²) in [5.74, 6) is 1.06. The van der Waals surface area contributed by atoms with Crippen molar-refractivity contribution >= 4 is 39.1 Å². The molecule has 0 radical (unpaired) electrons. The summed E-state index contributed by atoms with van der Waals surface area (Å²) in [6.07, 6.45) is 3.13. The molecule has 2 aromatic heterocycles. The molecule has 0 aromatic carbocycles. The van der Waals surface area contributed by atoms with Gasteiger partial charge in [-0.1, -0.05) is 39.1 Å². The molecule has 2 rings (SSSR count). The molecule has 0 aliphatic carbocycles. The molecule has 0 saturated heterocycles. The minimum absolute atomic E-state index is 0.166. The van der Waals surface area contributed by atoms with Gasteiger partial charge in [-0.25, -0.2) is 19.9 Å². The van der Waals surface area contributed by atoms with Crippen molar-refractivity contribution in [2.45, 2.75) is 11.9 Å². The van der Waals surface area contributed by atoms with Crippen molar-refractivity contribution in [3.63, 3.8) is 0 Å². The Kier molecular flexibility index (Phi) is 7.04. The quantitative estimate of drug-likeness (QED) is 0.665. The van der Waals surface area contributed by atoms with E-state index in [9.17, 15) is 0 Å². The largest absolute Gasteiger partial charge is 0.388 e. The van der Waals surface area contributed by atoms with Gasteiger partial charge in [0, 0.05) is 12.4 Å². The van der Waals surface area contributed by atoms with Gasteiger partial charge in [0.25, 0.3) is 0 Å². The number of aliphatic hydroxyl groups excluding tert-OH is 1. The minimum atomic E-state index is -0.166. The van der Waals surface area contributed by atoms with E-state index >= 15 is 0 Å². The molecule has 0 amide bonds. The van der Waals surface area contributed by atoms with Crippen molar-refractivity contribution in [1.82, 2.24) is 19.9 Å². The van der Waals surface area contributed by atoms with E-state index in [1.807, 2.05) is 0 Å². The highest BCUT2D eigenvalue weighted by Gasteiger charge is 1.92. The lowest BCUT2D eigenvalue weighted by Crippen LogP contribution is -1.91. The van der Waals surface area contributed by atoms with Crippen LogP contribution in [0.15, 0.2) is 24.5 Å². The molecule has 2 aromatic rings. The van der Waals surface area contributed by atoms with Crippen LogP contribution in [0.5, 0.6) is 0 Å². The van der Waals surface area contributed by atoms with Gasteiger partial charge >= 0.3 is 0 Å². The molecule has 5 nitrogen and oxygen atoms in total. The second-order valence-corrected chi connectivity index (χ2v) is 4.22. The number of rotatable bonds is 2. The van der Waals surface area contributed by atoms with Gasteiger partial charge in [0.05, 0.1) is 5.33 Å². The maximum atomic E-state index is 8.48. The molecular formula is C10H9BrCl2N4O. The zero-order valence-electron chi connectivity index (χ0n) is 9.09. The second kappa shape index (κ2) is 8.31. The van der Waals surface area contributed by atoms with Gasteiger partial charge in [0.2, 0.25) is 0 Å². The van der Waals surface area contributed by atoms with Gasteiger partial charge in [-0.15, -0.1) is 0 Å². The molecular weight excluding hydrogens is 343 g/mol. The Balaban J connectivity index is 0.000000180. The Morgan fingerprint density at radius 3 is 1.83 bits per heavy atom. The van der Waals surface area contributed by atoms with Gasteiger partial charge in [-0.3, -0.25) is 0 Å². The number of alkyl halides is 1. The zero-order valence-corrected chi connectivity index (χ0v) is 12.2. The molecule has 0 fully saturated rings. The topological polar surface area (TPSA) is 71.8 Å². The van der Waals surface area contributed by atoms with Crippen molar-refractivity contribution < 1.29 is 5.11 Å². The predicted molar refractivity (Wildman–Crippen MR) is 72.6 cm³/mol. The van der Waals surface area contributed by atoms with Crippen molar-refractivity contribution in [2.24, 2.45) is 0 Å². The number of hydrogen-bond donors (Lipinski definition) is 1. The summed E-state index contributed by atoms with van der Waals surface area (Å²) in [5.41, 5.74) is 0. The molecule has 0 saturated carbocycles. The van der Waals surface area contributed by atoms with Crippen molar-refractivity contribution in [3.05, 3.63) is 46.5 Å². The first-order valence-corrected chi connectivity index (χ1v) is 6.65. The van der Waals surface area contributed by atoms with Crippen LogP contribution in [0, 0.1) is 0 Å². The zero-order chi connectivity index (χ0) is 13.4. The molecule has 2 heterocycles. The highest BCUT2D eigenvalue weighted by atomic mass is 79.9. The third-order valence-corrected chi connectivity index (χ3v) is 2.53. The summed E-state index contributed by atoms with van der Waals surface area (Å²) in [5, 5.41) is 9.97. The molecule has 0 aliphatic heterocycles. The van der Waals surface area contributed by atoms with Crippen LogP contribution in [0.4, 0.5) is 0 Å². The lowest BCUT2D eigenvalue weighted by atomic mass is 10.6. The number of halogens is 3. The monoisotopic (exact) mass is 350 g/mol. The van der Waals surface area contributed by atoms with Crippen LogP contribution in [0.3, 0.4) is 0 Å². The molecule has 1 N–H and O–H groups in total. The first kappa shape index (κ1) is 15.2. The Hall–Kier alpha value is -0.820. The van der Waals surface area contributed by atoms with Gasteiger partial charge in [0.15, 0.2) is 5.82 Å². The fourth-order valence-electron chi connectivity index (χ4n) is 0.889. The number of aliphatic hydroxyl groups is 1. The Morgan fingerprint density at radius 2 is 1.50 bits per heavy atom. The highest BCUT2D eigenvalue weighted by Crippen LogP contribution is 2.04. The Morgan fingerprint density at radius 1 is 1.00 bits per heavy atom. The molecule has 8 heteroatoms. The van der Waals surface area contributed by atoms with E-state index in [1.54, 1.807) is 18.3 Å². The van der Waals surface area contributed by atoms with Crippen LogP contribution in [0.25, 0.3) is 0 Å². The average Bonchev–Trinajstić information content (AvgIpc) is 2.39. The molecule has 0 spiro atoms. The standard InChI is InChI=1S/C5H4BrClN2.C5H5ClN2O/c6-3-5-8-2-1-4(7)9-5;6-4-1-2-7-5(3-9)8-4/h1-2H,3H2;1-2,9H,3H2. The summed E-state index contributed by atoms with van der Waals surface area (Å²) in [7, 11) is 0. The normalized spacial score (nSPS) is 9.56. The van der Waals surface area contributed by atoms with E-state index in [4.69, 9.17) is 28.3 Å². The van der Waals surface area contributed by atoms with E-state index in [0.717, 1.165) is 0 Å².